The lowest BCUT2D eigenvalue weighted by Crippen LogP contribution is -2.24. The van der Waals surface area contributed by atoms with E-state index in [-0.39, 0.29) is 6.04 Å². The fraction of sp³-hybridized carbons (Fsp3) is 0.286. The number of hydrogen-bond donors (Lipinski definition) is 1. The summed E-state index contributed by atoms with van der Waals surface area (Å²) >= 11 is 1.61. The molecule has 96 valence electrons. The van der Waals surface area contributed by atoms with Gasteiger partial charge in [-0.15, -0.1) is 0 Å². The predicted octanol–water partition coefficient (Wildman–Crippen LogP) is 3.92. The minimum atomic E-state index is -0.791. The van der Waals surface area contributed by atoms with E-state index in [2.05, 4.69) is 5.32 Å². The van der Waals surface area contributed by atoms with Gasteiger partial charge in [0.25, 0.3) is 0 Å². The lowest BCUT2D eigenvalue weighted by molar-refractivity contribution is 0.464. The van der Waals surface area contributed by atoms with Crippen molar-refractivity contribution in [3.05, 3.63) is 57.8 Å². The van der Waals surface area contributed by atoms with Crippen LogP contribution in [0.2, 0.25) is 0 Å². The van der Waals surface area contributed by atoms with Gasteiger partial charge in [0.05, 0.1) is 0 Å². The summed E-state index contributed by atoms with van der Waals surface area (Å²) in [4.78, 5) is 0. The van der Waals surface area contributed by atoms with Crippen LogP contribution in [0.3, 0.4) is 0 Å². The Morgan fingerprint density at radius 1 is 1.28 bits per heavy atom. The number of benzene rings is 1. The number of thiophene rings is 1. The number of halogens is 2. The van der Waals surface area contributed by atoms with E-state index in [4.69, 9.17) is 0 Å². The molecule has 0 radical (unpaired) electrons. The lowest BCUT2D eigenvalue weighted by Gasteiger charge is -2.18. The zero-order valence-electron chi connectivity index (χ0n) is 10.1. The van der Waals surface area contributed by atoms with Crippen molar-refractivity contribution in [2.75, 3.05) is 6.54 Å². The molecule has 1 unspecified atom stereocenters. The van der Waals surface area contributed by atoms with Gasteiger partial charge < -0.3 is 5.32 Å². The number of hydrogen-bond acceptors (Lipinski definition) is 2. The summed E-state index contributed by atoms with van der Waals surface area (Å²) < 4.78 is 27.0. The Morgan fingerprint density at radius 3 is 2.78 bits per heavy atom. The highest BCUT2D eigenvalue weighted by Gasteiger charge is 2.17. The van der Waals surface area contributed by atoms with E-state index in [1.54, 1.807) is 23.5 Å². The molecule has 4 heteroatoms. The van der Waals surface area contributed by atoms with Crippen LogP contribution >= 0.6 is 11.3 Å². The molecule has 18 heavy (non-hydrogen) atoms. The van der Waals surface area contributed by atoms with Crippen molar-refractivity contribution >= 4 is 11.3 Å². The van der Waals surface area contributed by atoms with E-state index in [0.717, 1.165) is 11.6 Å². The summed E-state index contributed by atoms with van der Waals surface area (Å²) in [5.74, 6) is -1.54. The summed E-state index contributed by atoms with van der Waals surface area (Å²) in [7, 11) is 0. The van der Waals surface area contributed by atoms with Crippen LogP contribution in [0.25, 0.3) is 0 Å². The molecule has 1 aromatic heterocycles. The van der Waals surface area contributed by atoms with Crippen molar-refractivity contribution in [3.8, 4) is 0 Å². The molecule has 0 aliphatic heterocycles. The van der Waals surface area contributed by atoms with E-state index < -0.39 is 11.6 Å². The molecule has 0 saturated heterocycles. The normalized spacial score (nSPS) is 12.6. The maximum absolute atomic E-state index is 13.8. The summed E-state index contributed by atoms with van der Waals surface area (Å²) in [6.07, 6.45) is 0.664. The summed E-state index contributed by atoms with van der Waals surface area (Å²) in [6, 6.07) is 6.14. The highest BCUT2D eigenvalue weighted by molar-refractivity contribution is 7.07. The molecule has 2 rings (SSSR count). The monoisotopic (exact) mass is 267 g/mol. The second-order valence-corrected chi connectivity index (χ2v) is 4.87. The molecule has 0 bridgehead atoms. The molecular weight excluding hydrogens is 252 g/mol. The summed E-state index contributed by atoms with van der Waals surface area (Å²) in [5, 5.41) is 7.22. The van der Waals surface area contributed by atoms with E-state index in [9.17, 15) is 8.78 Å². The first-order valence-electron chi connectivity index (χ1n) is 5.90. The van der Waals surface area contributed by atoms with Crippen molar-refractivity contribution in [1.29, 1.82) is 0 Å². The fourth-order valence-corrected chi connectivity index (χ4v) is 2.65. The third-order valence-electron chi connectivity index (χ3n) is 2.83. The fourth-order valence-electron chi connectivity index (χ4n) is 1.97. The molecule has 0 spiro atoms. The smallest absolute Gasteiger partial charge is 0.163 e. The molecule has 1 heterocycles. The number of nitrogens with one attached hydrogen (secondary N) is 1. The van der Waals surface area contributed by atoms with E-state index in [1.165, 1.54) is 0 Å². The second-order valence-electron chi connectivity index (χ2n) is 4.09. The molecule has 0 saturated carbocycles. The Kier molecular flexibility index (Phi) is 4.44. The average Bonchev–Trinajstić information content (AvgIpc) is 2.85. The zero-order valence-corrected chi connectivity index (χ0v) is 10.9. The van der Waals surface area contributed by atoms with Gasteiger partial charge >= 0.3 is 0 Å². The van der Waals surface area contributed by atoms with Gasteiger partial charge in [0, 0.05) is 11.6 Å². The minimum Gasteiger partial charge on any atom is -0.310 e. The summed E-state index contributed by atoms with van der Waals surface area (Å²) in [6.45, 7) is 2.67. The Balaban J connectivity index is 2.26. The van der Waals surface area contributed by atoms with Gasteiger partial charge in [0.1, 0.15) is 0 Å². The van der Waals surface area contributed by atoms with Gasteiger partial charge in [0.15, 0.2) is 11.6 Å². The maximum atomic E-state index is 13.8. The zero-order chi connectivity index (χ0) is 13.0. The van der Waals surface area contributed by atoms with Gasteiger partial charge in [-0.2, -0.15) is 11.3 Å². The Labute approximate surface area is 109 Å². The number of likely N-dealkylation sites (N-methyl/N-ethyl adjacent to an activating group) is 1. The SMILES string of the molecule is CCNC(Cc1ccsc1)c1cccc(F)c1F. The predicted molar refractivity (Wildman–Crippen MR) is 70.8 cm³/mol. The lowest BCUT2D eigenvalue weighted by atomic mass is 10.00. The highest BCUT2D eigenvalue weighted by Crippen LogP contribution is 2.23. The third kappa shape index (κ3) is 2.94. The molecule has 0 amide bonds. The first-order valence-corrected chi connectivity index (χ1v) is 6.85. The quantitative estimate of drug-likeness (QED) is 0.865. The Hall–Kier alpha value is -1.26. The van der Waals surface area contributed by atoms with Crippen molar-refractivity contribution in [2.45, 2.75) is 19.4 Å². The highest BCUT2D eigenvalue weighted by atomic mass is 32.1. The van der Waals surface area contributed by atoms with E-state index in [1.807, 2.05) is 23.8 Å². The van der Waals surface area contributed by atoms with E-state index in [0.29, 0.717) is 18.5 Å². The van der Waals surface area contributed by atoms with Gasteiger partial charge in [0.2, 0.25) is 0 Å². The molecule has 0 fully saturated rings. The third-order valence-corrected chi connectivity index (χ3v) is 3.56. The molecule has 0 aliphatic carbocycles. The first-order chi connectivity index (χ1) is 8.72. The van der Waals surface area contributed by atoms with Crippen LogP contribution in [0, 0.1) is 11.6 Å². The van der Waals surface area contributed by atoms with Crippen molar-refractivity contribution in [3.63, 3.8) is 0 Å². The minimum absolute atomic E-state index is 0.194. The second kappa shape index (κ2) is 6.07. The molecule has 1 atom stereocenters. The molecular formula is C14H15F2NS. The van der Waals surface area contributed by atoms with Crippen LogP contribution in [-0.4, -0.2) is 6.54 Å². The van der Waals surface area contributed by atoms with Crippen molar-refractivity contribution < 1.29 is 8.78 Å². The summed E-state index contributed by atoms with van der Waals surface area (Å²) in [5.41, 5.74) is 1.53. The first kappa shape index (κ1) is 13.2. The van der Waals surface area contributed by atoms with Gasteiger partial charge in [-0.1, -0.05) is 19.1 Å². The molecule has 1 N–H and O–H groups in total. The largest absolute Gasteiger partial charge is 0.310 e. The standard InChI is InChI=1S/C14H15F2NS/c1-2-17-13(8-10-6-7-18-9-10)11-4-3-5-12(15)14(11)16/h3-7,9,13,17H,2,8H2,1H3. The van der Waals surface area contributed by atoms with E-state index >= 15 is 0 Å². The van der Waals surface area contributed by atoms with Crippen molar-refractivity contribution in [1.82, 2.24) is 5.32 Å². The van der Waals surface area contributed by atoms with Crippen LogP contribution in [-0.2, 0) is 6.42 Å². The molecule has 1 aromatic carbocycles. The van der Waals surface area contributed by atoms with Crippen LogP contribution in [0.1, 0.15) is 24.1 Å². The number of rotatable bonds is 5. The molecule has 2 aromatic rings. The molecule has 0 aliphatic rings. The van der Waals surface area contributed by atoms with Crippen LogP contribution in [0.5, 0.6) is 0 Å². The van der Waals surface area contributed by atoms with Crippen LogP contribution < -0.4 is 5.32 Å². The molecule has 1 nitrogen and oxygen atoms in total. The van der Waals surface area contributed by atoms with Gasteiger partial charge in [-0.05, 0) is 41.4 Å². The van der Waals surface area contributed by atoms with Gasteiger partial charge in [-0.25, -0.2) is 8.78 Å². The Bertz CT molecular complexity index is 497. The maximum Gasteiger partial charge on any atom is 0.163 e. The topological polar surface area (TPSA) is 12.0 Å². The van der Waals surface area contributed by atoms with Gasteiger partial charge in [-0.3, -0.25) is 0 Å². The van der Waals surface area contributed by atoms with Crippen molar-refractivity contribution in [2.24, 2.45) is 0 Å². The van der Waals surface area contributed by atoms with Crippen LogP contribution in [0.4, 0.5) is 8.78 Å². The van der Waals surface area contributed by atoms with Crippen LogP contribution in [0.15, 0.2) is 35.0 Å². The average molecular weight is 267 g/mol. The Morgan fingerprint density at radius 2 is 2.11 bits per heavy atom.